The van der Waals surface area contributed by atoms with E-state index < -0.39 is 0 Å². The second kappa shape index (κ2) is 9.55. The Bertz CT molecular complexity index is 967. The van der Waals surface area contributed by atoms with Gasteiger partial charge in [0.25, 0.3) is 5.91 Å². The van der Waals surface area contributed by atoms with Gasteiger partial charge in [-0.25, -0.2) is 4.52 Å². The quantitative estimate of drug-likeness (QED) is 0.692. The standard InChI is InChI=1S/C25H29N3O/c29-25(21-15-10-6-3-7-11-16-21)27-22-19-26-28-18-12-17-23(28)24(22)20-13-8-4-1-2-5-9-14-20/h3,6-7,10-12,15-20H,1-2,4-5,8-9,13-14H2,(H,27,29)/b6-3-,7-3?,10-6?,11-7-,15-10?,16-11?,21-15?,21-16?. The van der Waals surface area contributed by atoms with Gasteiger partial charge in [-0.05, 0) is 43.0 Å². The number of anilines is 1. The number of amides is 1. The smallest absolute Gasteiger partial charge is 0.255 e. The number of fused-ring (bicyclic) bond motifs is 1. The molecule has 4 nitrogen and oxygen atoms in total. The van der Waals surface area contributed by atoms with Crippen LogP contribution in [0.4, 0.5) is 5.69 Å². The Hall–Kier alpha value is -2.88. The van der Waals surface area contributed by atoms with Crippen LogP contribution in [-0.4, -0.2) is 15.5 Å². The highest BCUT2D eigenvalue weighted by Crippen LogP contribution is 2.37. The van der Waals surface area contributed by atoms with Gasteiger partial charge in [-0.2, -0.15) is 5.10 Å². The summed E-state index contributed by atoms with van der Waals surface area (Å²) in [5.41, 5.74) is 3.84. The van der Waals surface area contributed by atoms with Crippen LogP contribution in [0, 0.1) is 0 Å². The molecule has 0 radical (unpaired) electrons. The second-order valence-corrected chi connectivity index (χ2v) is 7.91. The Morgan fingerprint density at radius 2 is 1.69 bits per heavy atom. The molecule has 4 rings (SSSR count). The molecule has 2 aromatic heterocycles. The Morgan fingerprint density at radius 1 is 0.966 bits per heavy atom. The molecule has 2 heterocycles. The lowest BCUT2D eigenvalue weighted by atomic mass is 9.88. The number of nitrogens with zero attached hydrogens (tertiary/aromatic N) is 2. The molecule has 29 heavy (non-hydrogen) atoms. The summed E-state index contributed by atoms with van der Waals surface area (Å²) in [6, 6.07) is 4.15. The second-order valence-electron chi connectivity index (χ2n) is 7.91. The topological polar surface area (TPSA) is 46.4 Å². The van der Waals surface area contributed by atoms with Gasteiger partial charge in [-0.3, -0.25) is 4.79 Å². The molecule has 4 heteroatoms. The van der Waals surface area contributed by atoms with Crippen LogP contribution in [0.25, 0.3) is 5.52 Å². The molecule has 150 valence electrons. The minimum atomic E-state index is -0.0942. The number of hydrogen-bond donors (Lipinski definition) is 1. The van der Waals surface area contributed by atoms with E-state index in [0.29, 0.717) is 11.5 Å². The first-order valence-electron chi connectivity index (χ1n) is 10.8. The third-order valence-electron chi connectivity index (χ3n) is 5.88. The van der Waals surface area contributed by atoms with Crippen LogP contribution in [0.5, 0.6) is 0 Å². The van der Waals surface area contributed by atoms with Crippen molar-refractivity contribution in [3.05, 3.63) is 78.2 Å². The Labute approximate surface area is 172 Å². The lowest BCUT2D eigenvalue weighted by Gasteiger charge is -2.21. The van der Waals surface area contributed by atoms with Crippen molar-refractivity contribution in [3.63, 3.8) is 0 Å². The zero-order valence-electron chi connectivity index (χ0n) is 16.9. The third kappa shape index (κ3) is 4.76. The fraction of sp³-hybridized carbons (Fsp3) is 0.360. The van der Waals surface area contributed by atoms with Gasteiger partial charge in [-0.1, -0.05) is 68.9 Å². The van der Waals surface area contributed by atoms with E-state index in [2.05, 4.69) is 16.5 Å². The van der Waals surface area contributed by atoms with Crippen LogP contribution in [-0.2, 0) is 4.79 Å². The van der Waals surface area contributed by atoms with Gasteiger partial charge in [-0.15, -0.1) is 0 Å². The highest BCUT2D eigenvalue weighted by atomic mass is 16.1. The van der Waals surface area contributed by atoms with E-state index in [1.807, 2.05) is 65.5 Å². The average molecular weight is 388 g/mol. The predicted octanol–water partition coefficient (Wildman–Crippen LogP) is 6.10. The van der Waals surface area contributed by atoms with Gasteiger partial charge < -0.3 is 5.32 Å². The molecule has 2 aromatic rings. The number of hydrogen-bond acceptors (Lipinski definition) is 2. The summed E-state index contributed by atoms with van der Waals surface area (Å²) in [5.74, 6) is 0.358. The predicted molar refractivity (Wildman–Crippen MR) is 119 cm³/mol. The van der Waals surface area contributed by atoms with Crippen molar-refractivity contribution in [1.82, 2.24) is 9.61 Å². The summed E-state index contributed by atoms with van der Waals surface area (Å²) in [7, 11) is 0. The number of carbonyl (C=O) groups excluding carboxylic acids is 1. The molecular formula is C25H29N3O. The number of rotatable bonds is 3. The molecule has 0 aromatic carbocycles. The zero-order valence-corrected chi connectivity index (χ0v) is 16.9. The number of allylic oxidation sites excluding steroid dienone is 6. The maximum atomic E-state index is 13.0. The molecule has 2 aliphatic carbocycles. The summed E-state index contributed by atoms with van der Waals surface area (Å²) >= 11 is 0. The van der Waals surface area contributed by atoms with Crippen LogP contribution in [0.3, 0.4) is 0 Å². The molecule has 0 bridgehead atoms. The van der Waals surface area contributed by atoms with E-state index >= 15 is 0 Å². The highest BCUT2D eigenvalue weighted by molar-refractivity contribution is 6.06. The maximum Gasteiger partial charge on any atom is 0.255 e. The van der Waals surface area contributed by atoms with Gasteiger partial charge >= 0.3 is 0 Å². The van der Waals surface area contributed by atoms with Crippen LogP contribution in [0.15, 0.2) is 72.6 Å². The van der Waals surface area contributed by atoms with Crippen LogP contribution in [0.2, 0.25) is 0 Å². The summed E-state index contributed by atoms with van der Waals surface area (Å²) < 4.78 is 1.93. The van der Waals surface area contributed by atoms with Gasteiger partial charge in [0.2, 0.25) is 0 Å². The number of carbonyl (C=O) groups is 1. The van der Waals surface area contributed by atoms with E-state index in [9.17, 15) is 4.79 Å². The molecule has 0 saturated heterocycles. The Morgan fingerprint density at radius 3 is 2.52 bits per heavy atom. The Kier molecular flexibility index (Phi) is 6.40. The van der Waals surface area contributed by atoms with E-state index in [4.69, 9.17) is 0 Å². The molecule has 2 aliphatic rings. The monoisotopic (exact) mass is 387 g/mol. The molecule has 1 amide bonds. The highest BCUT2D eigenvalue weighted by Gasteiger charge is 2.22. The summed E-state index contributed by atoms with van der Waals surface area (Å²) in [5, 5.41) is 7.70. The van der Waals surface area contributed by atoms with E-state index in [1.165, 1.54) is 56.9 Å². The first-order chi connectivity index (χ1) is 14.3. The van der Waals surface area contributed by atoms with Crippen LogP contribution in [0.1, 0.15) is 62.8 Å². The molecular weight excluding hydrogens is 358 g/mol. The SMILES string of the molecule is O=C(Nc1cnn2cccc2c1C1CCCCCCCC1)C1=C/C=C\C=C/C=C1. The van der Waals surface area contributed by atoms with E-state index in [1.54, 1.807) is 0 Å². The number of aromatic nitrogens is 2. The van der Waals surface area contributed by atoms with Gasteiger partial charge in [0, 0.05) is 17.3 Å². The van der Waals surface area contributed by atoms with Gasteiger partial charge in [0.1, 0.15) is 0 Å². The van der Waals surface area contributed by atoms with E-state index in [-0.39, 0.29) is 5.91 Å². The lowest BCUT2D eigenvalue weighted by molar-refractivity contribution is -0.112. The fourth-order valence-corrected chi connectivity index (χ4v) is 4.38. The fourth-order valence-electron chi connectivity index (χ4n) is 4.38. The van der Waals surface area contributed by atoms with Crippen LogP contribution < -0.4 is 5.32 Å². The zero-order chi connectivity index (χ0) is 19.9. The summed E-state index contributed by atoms with van der Waals surface area (Å²) in [4.78, 5) is 13.0. The molecule has 0 spiro atoms. The van der Waals surface area contributed by atoms with Crippen molar-refractivity contribution in [2.24, 2.45) is 0 Å². The number of nitrogens with one attached hydrogen (secondary N) is 1. The molecule has 0 unspecified atom stereocenters. The van der Waals surface area contributed by atoms with Crippen molar-refractivity contribution in [1.29, 1.82) is 0 Å². The summed E-state index contributed by atoms with van der Waals surface area (Å²) in [6.45, 7) is 0. The maximum absolute atomic E-state index is 13.0. The first-order valence-corrected chi connectivity index (χ1v) is 10.8. The van der Waals surface area contributed by atoms with Crippen LogP contribution >= 0.6 is 0 Å². The van der Waals surface area contributed by atoms with Crippen molar-refractivity contribution >= 4 is 17.1 Å². The van der Waals surface area contributed by atoms with Gasteiger partial charge in [0.15, 0.2) is 0 Å². The lowest BCUT2D eigenvalue weighted by Crippen LogP contribution is -2.17. The minimum Gasteiger partial charge on any atom is -0.320 e. The molecule has 0 aliphatic heterocycles. The van der Waals surface area contributed by atoms with Gasteiger partial charge in [0.05, 0.1) is 17.4 Å². The average Bonchev–Trinajstić information content (AvgIpc) is 3.20. The molecule has 0 atom stereocenters. The molecule has 1 saturated carbocycles. The molecule has 1 N–H and O–H groups in total. The van der Waals surface area contributed by atoms with Crippen molar-refractivity contribution in [2.45, 2.75) is 57.3 Å². The van der Waals surface area contributed by atoms with Crippen molar-refractivity contribution in [3.8, 4) is 0 Å². The van der Waals surface area contributed by atoms with Crippen molar-refractivity contribution < 1.29 is 4.79 Å². The largest absolute Gasteiger partial charge is 0.320 e. The third-order valence-corrected chi connectivity index (χ3v) is 5.88. The first kappa shape index (κ1) is 19.4. The Balaban J connectivity index is 1.66. The normalized spacial score (nSPS) is 20.6. The van der Waals surface area contributed by atoms with Crippen molar-refractivity contribution in [2.75, 3.05) is 5.32 Å². The van der Waals surface area contributed by atoms with E-state index in [0.717, 1.165) is 11.2 Å². The molecule has 1 fully saturated rings. The summed E-state index contributed by atoms with van der Waals surface area (Å²) in [6.07, 6.45) is 27.2. The minimum absolute atomic E-state index is 0.0942.